The molecule has 1 aromatic carbocycles. The van der Waals surface area contributed by atoms with Crippen molar-refractivity contribution in [3.05, 3.63) is 48.3 Å². The molecule has 5 heteroatoms. The van der Waals surface area contributed by atoms with Crippen molar-refractivity contribution in [1.82, 2.24) is 20.0 Å². The molecule has 1 heterocycles. The summed E-state index contributed by atoms with van der Waals surface area (Å²) in [5.74, 6) is 0.128. The Morgan fingerprint density at radius 3 is 2.78 bits per heavy atom. The first-order valence-corrected chi connectivity index (χ1v) is 10.3. The van der Waals surface area contributed by atoms with Crippen LogP contribution in [0, 0.1) is 0 Å². The molecule has 0 aliphatic heterocycles. The van der Waals surface area contributed by atoms with Gasteiger partial charge in [0.15, 0.2) is 0 Å². The van der Waals surface area contributed by atoms with Gasteiger partial charge in [0.25, 0.3) is 0 Å². The molecule has 1 amide bonds. The number of para-hydroxylation sites is 1. The van der Waals surface area contributed by atoms with Crippen molar-refractivity contribution in [2.24, 2.45) is 0 Å². The van der Waals surface area contributed by atoms with Crippen LogP contribution < -0.4 is 5.32 Å². The minimum atomic E-state index is 0.128. The summed E-state index contributed by atoms with van der Waals surface area (Å²) in [5, 5.41) is 7.44. The third-order valence-corrected chi connectivity index (χ3v) is 5.51. The molecule has 5 nitrogen and oxygen atoms in total. The van der Waals surface area contributed by atoms with Gasteiger partial charge in [0.05, 0.1) is 11.9 Å². The van der Waals surface area contributed by atoms with Crippen LogP contribution in [-0.4, -0.2) is 46.8 Å². The zero-order chi connectivity index (χ0) is 18.9. The maximum absolute atomic E-state index is 12.1. The van der Waals surface area contributed by atoms with Crippen LogP contribution in [0.5, 0.6) is 0 Å². The second-order valence-electron chi connectivity index (χ2n) is 7.60. The molecule has 146 valence electrons. The molecule has 2 aromatic rings. The van der Waals surface area contributed by atoms with Gasteiger partial charge in [0.2, 0.25) is 5.91 Å². The van der Waals surface area contributed by atoms with Crippen LogP contribution in [0.3, 0.4) is 0 Å². The third-order valence-electron chi connectivity index (χ3n) is 5.51. The van der Waals surface area contributed by atoms with Crippen molar-refractivity contribution in [1.29, 1.82) is 0 Å². The van der Waals surface area contributed by atoms with Gasteiger partial charge in [-0.15, -0.1) is 0 Å². The van der Waals surface area contributed by atoms with E-state index in [1.807, 2.05) is 47.4 Å². The fraction of sp³-hybridized carbons (Fsp3) is 0.545. The fourth-order valence-electron chi connectivity index (χ4n) is 3.82. The van der Waals surface area contributed by atoms with Crippen LogP contribution >= 0.6 is 0 Å². The number of carbonyl (C=O) groups excluding carboxylic acids is 1. The molecule has 1 saturated carbocycles. The number of nitrogens with zero attached hydrogens (tertiary/aromatic N) is 3. The summed E-state index contributed by atoms with van der Waals surface area (Å²) in [6.45, 7) is 1.83. The molecule has 1 aliphatic rings. The number of hydrogen-bond acceptors (Lipinski definition) is 3. The molecular weight excluding hydrogens is 336 g/mol. The van der Waals surface area contributed by atoms with Crippen LogP contribution in [0.15, 0.2) is 42.7 Å². The molecular formula is C22H32N4O. The van der Waals surface area contributed by atoms with Crippen LogP contribution in [0.1, 0.15) is 50.5 Å². The molecule has 3 rings (SSSR count). The number of aryl methyl sites for hydroxylation is 1. The third kappa shape index (κ3) is 6.21. The lowest BCUT2D eigenvalue weighted by molar-refractivity contribution is -0.121. The Kier molecular flexibility index (Phi) is 7.45. The predicted molar refractivity (Wildman–Crippen MR) is 109 cm³/mol. The van der Waals surface area contributed by atoms with E-state index >= 15 is 0 Å². The summed E-state index contributed by atoms with van der Waals surface area (Å²) in [7, 11) is 2.22. The number of rotatable bonds is 9. The summed E-state index contributed by atoms with van der Waals surface area (Å²) in [6, 6.07) is 10.8. The maximum Gasteiger partial charge on any atom is 0.220 e. The predicted octanol–water partition coefficient (Wildman–Crippen LogP) is 3.58. The van der Waals surface area contributed by atoms with Gasteiger partial charge in [-0.2, -0.15) is 5.10 Å². The van der Waals surface area contributed by atoms with E-state index < -0.39 is 0 Å². The Hall–Kier alpha value is -2.14. The van der Waals surface area contributed by atoms with E-state index in [1.54, 1.807) is 0 Å². The van der Waals surface area contributed by atoms with Gasteiger partial charge in [-0.25, -0.2) is 4.68 Å². The van der Waals surface area contributed by atoms with Crippen molar-refractivity contribution in [3.8, 4) is 5.69 Å². The van der Waals surface area contributed by atoms with E-state index in [0.717, 1.165) is 43.2 Å². The van der Waals surface area contributed by atoms with E-state index in [1.165, 1.54) is 32.1 Å². The van der Waals surface area contributed by atoms with Crippen LogP contribution in [0.25, 0.3) is 5.69 Å². The lowest BCUT2D eigenvalue weighted by atomic mass is 9.94. The first kappa shape index (κ1) is 19.6. The van der Waals surface area contributed by atoms with E-state index in [9.17, 15) is 4.79 Å². The molecule has 1 fully saturated rings. The fourth-order valence-corrected chi connectivity index (χ4v) is 3.82. The standard InChI is InChI=1S/C22H32N4O/c1-25(20-9-4-2-5-10-20)16-8-15-23-22(27)14-13-19-17-24-26(18-19)21-11-6-3-7-12-21/h3,6-7,11-12,17-18,20H,2,4-5,8-10,13-16H2,1H3,(H,23,27). The largest absolute Gasteiger partial charge is 0.356 e. The van der Waals surface area contributed by atoms with Crippen molar-refractivity contribution in [2.45, 2.75) is 57.4 Å². The Morgan fingerprint density at radius 2 is 2.00 bits per heavy atom. The molecule has 27 heavy (non-hydrogen) atoms. The SMILES string of the molecule is CN(CCCNC(=O)CCc1cnn(-c2ccccc2)c1)C1CCCCC1. The molecule has 1 aromatic heterocycles. The quantitative estimate of drug-likeness (QED) is 0.688. The van der Waals surface area contributed by atoms with Gasteiger partial charge in [-0.1, -0.05) is 37.5 Å². The molecule has 0 radical (unpaired) electrons. The highest BCUT2D eigenvalue weighted by atomic mass is 16.1. The first-order chi connectivity index (χ1) is 13.2. The highest BCUT2D eigenvalue weighted by Gasteiger charge is 2.17. The highest BCUT2D eigenvalue weighted by Crippen LogP contribution is 2.21. The average Bonchev–Trinajstić information content (AvgIpc) is 3.20. The molecule has 0 saturated heterocycles. The van der Waals surface area contributed by atoms with Gasteiger partial charge in [0, 0.05) is 25.2 Å². The van der Waals surface area contributed by atoms with E-state index in [2.05, 4.69) is 22.4 Å². The first-order valence-electron chi connectivity index (χ1n) is 10.3. The second-order valence-corrected chi connectivity index (χ2v) is 7.60. The monoisotopic (exact) mass is 368 g/mol. The summed E-state index contributed by atoms with van der Waals surface area (Å²) in [6.07, 6.45) is 12.9. The number of benzene rings is 1. The normalized spacial score (nSPS) is 15.2. The van der Waals surface area contributed by atoms with E-state index in [0.29, 0.717) is 6.42 Å². The van der Waals surface area contributed by atoms with Crippen LogP contribution in [-0.2, 0) is 11.2 Å². The molecule has 0 spiro atoms. The van der Waals surface area contributed by atoms with E-state index in [4.69, 9.17) is 0 Å². The molecule has 0 bridgehead atoms. The Bertz CT molecular complexity index is 691. The van der Waals surface area contributed by atoms with E-state index in [-0.39, 0.29) is 5.91 Å². The van der Waals surface area contributed by atoms with Gasteiger partial charge in [0.1, 0.15) is 0 Å². The Balaban J connectivity index is 1.31. The van der Waals surface area contributed by atoms with Crippen LogP contribution in [0.4, 0.5) is 0 Å². The molecule has 0 unspecified atom stereocenters. The number of amides is 1. The molecule has 0 atom stereocenters. The smallest absolute Gasteiger partial charge is 0.220 e. The minimum Gasteiger partial charge on any atom is -0.356 e. The zero-order valence-corrected chi connectivity index (χ0v) is 16.4. The lowest BCUT2D eigenvalue weighted by Crippen LogP contribution is -2.35. The summed E-state index contributed by atoms with van der Waals surface area (Å²) >= 11 is 0. The molecule has 1 N–H and O–H groups in total. The number of aromatic nitrogens is 2. The number of hydrogen-bond donors (Lipinski definition) is 1. The highest BCUT2D eigenvalue weighted by molar-refractivity contribution is 5.76. The summed E-state index contributed by atoms with van der Waals surface area (Å²) in [4.78, 5) is 14.6. The number of carbonyl (C=O) groups is 1. The van der Waals surface area contributed by atoms with Gasteiger partial charge < -0.3 is 10.2 Å². The van der Waals surface area contributed by atoms with Crippen molar-refractivity contribution < 1.29 is 4.79 Å². The number of nitrogens with one attached hydrogen (secondary N) is 1. The Labute approximate surface area is 162 Å². The second kappa shape index (κ2) is 10.3. The summed E-state index contributed by atoms with van der Waals surface area (Å²) in [5.41, 5.74) is 2.13. The van der Waals surface area contributed by atoms with Gasteiger partial charge in [-0.3, -0.25) is 4.79 Å². The topological polar surface area (TPSA) is 50.2 Å². The van der Waals surface area contributed by atoms with Crippen molar-refractivity contribution >= 4 is 5.91 Å². The van der Waals surface area contributed by atoms with Gasteiger partial charge in [-0.05, 0) is 57.0 Å². The molecule has 1 aliphatic carbocycles. The van der Waals surface area contributed by atoms with Crippen molar-refractivity contribution in [3.63, 3.8) is 0 Å². The zero-order valence-electron chi connectivity index (χ0n) is 16.4. The van der Waals surface area contributed by atoms with Crippen molar-refractivity contribution in [2.75, 3.05) is 20.1 Å². The summed E-state index contributed by atoms with van der Waals surface area (Å²) < 4.78 is 1.86. The van der Waals surface area contributed by atoms with Crippen LogP contribution in [0.2, 0.25) is 0 Å². The Morgan fingerprint density at radius 1 is 1.22 bits per heavy atom. The average molecular weight is 369 g/mol. The van der Waals surface area contributed by atoms with Gasteiger partial charge >= 0.3 is 0 Å². The minimum absolute atomic E-state index is 0.128. The maximum atomic E-state index is 12.1. The lowest BCUT2D eigenvalue weighted by Gasteiger charge is -2.31.